The Morgan fingerprint density at radius 3 is 2.80 bits per heavy atom. The largest absolute Gasteiger partial charge is 0.490 e. The first-order valence-corrected chi connectivity index (χ1v) is 6.94. The van der Waals surface area contributed by atoms with Gasteiger partial charge in [-0.25, -0.2) is 4.98 Å². The first-order chi connectivity index (χ1) is 9.74. The Morgan fingerprint density at radius 1 is 1.15 bits per heavy atom. The van der Waals surface area contributed by atoms with E-state index < -0.39 is 0 Å². The summed E-state index contributed by atoms with van der Waals surface area (Å²) < 4.78 is 10.2. The number of benzene rings is 1. The lowest BCUT2D eigenvalue weighted by molar-refractivity contribution is 0.245. The van der Waals surface area contributed by atoms with Crippen LogP contribution in [0.15, 0.2) is 49.2 Å². The third kappa shape index (κ3) is 2.54. The normalized spacial score (nSPS) is 11.3. The zero-order valence-electron chi connectivity index (χ0n) is 11.9. The standard InChI is InChI=1S/C16H19N3O/c1-13(2)20-16-5-3-4-15-14(16)6-8-19(15)11-10-18-9-7-17-12-18/h3-9,12-13H,10-11H2,1-2H3. The molecule has 0 bridgehead atoms. The molecule has 0 aliphatic carbocycles. The molecule has 0 saturated heterocycles. The fourth-order valence-electron chi connectivity index (χ4n) is 2.39. The summed E-state index contributed by atoms with van der Waals surface area (Å²) in [4.78, 5) is 4.06. The molecule has 4 nitrogen and oxygen atoms in total. The SMILES string of the molecule is CC(C)Oc1cccc2c1ccn2CCn1ccnc1. The van der Waals surface area contributed by atoms with Crippen LogP contribution in [-0.2, 0) is 13.1 Å². The van der Waals surface area contributed by atoms with Crippen LogP contribution in [0, 0.1) is 0 Å². The molecular weight excluding hydrogens is 250 g/mol. The van der Waals surface area contributed by atoms with Gasteiger partial charge in [-0.2, -0.15) is 0 Å². The topological polar surface area (TPSA) is 32.0 Å². The second kappa shape index (κ2) is 5.41. The molecule has 0 atom stereocenters. The van der Waals surface area contributed by atoms with Crippen molar-refractivity contribution in [2.24, 2.45) is 0 Å². The van der Waals surface area contributed by atoms with Gasteiger partial charge in [0.2, 0.25) is 0 Å². The van der Waals surface area contributed by atoms with Gasteiger partial charge in [0.05, 0.1) is 17.9 Å². The molecule has 0 spiro atoms. The van der Waals surface area contributed by atoms with Crippen molar-refractivity contribution in [3.63, 3.8) is 0 Å². The molecule has 20 heavy (non-hydrogen) atoms. The van der Waals surface area contributed by atoms with Gasteiger partial charge in [0, 0.05) is 37.1 Å². The fraction of sp³-hybridized carbons (Fsp3) is 0.312. The second-order valence-corrected chi connectivity index (χ2v) is 5.17. The van der Waals surface area contributed by atoms with Crippen molar-refractivity contribution in [3.05, 3.63) is 49.2 Å². The number of hydrogen-bond acceptors (Lipinski definition) is 2. The Morgan fingerprint density at radius 2 is 2.05 bits per heavy atom. The second-order valence-electron chi connectivity index (χ2n) is 5.17. The lowest BCUT2D eigenvalue weighted by atomic mass is 10.2. The lowest BCUT2D eigenvalue weighted by Crippen LogP contribution is -2.06. The van der Waals surface area contributed by atoms with E-state index in [1.54, 1.807) is 0 Å². The maximum atomic E-state index is 5.86. The maximum absolute atomic E-state index is 5.86. The molecule has 0 amide bonds. The minimum absolute atomic E-state index is 0.190. The average Bonchev–Trinajstić information content (AvgIpc) is 3.05. The van der Waals surface area contributed by atoms with E-state index in [9.17, 15) is 0 Å². The van der Waals surface area contributed by atoms with Crippen molar-refractivity contribution in [2.45, 2.75) is 33.0 Å². The van der Waals surface area contributed by atoms with Gasteiger partial charge in [-0.15, -0.1) is 0 Å². The molecule has 0 aliphatic rings. The van der Waals surface area contributed by atoms with Gasteiger partial charge in [-0.05, 0) is 32.0 Å². The molecular formula is C16H19N3O. The number of ether oxygens (including phenoxy) is 1. The van der Waals surface area contributed by atoms with Crippen molar-refractivity contribution in [1.82, 2.24) is 14.1 Å². The Bertz CT molecular complexity index is 683. The fourth-order valence-corrected chi connectivity index (χ4v) is 2.39. The third-order valence-corrected chi connectivity index (χ3v) is 3.29. The molecule has 1 aromatic carbocycles. The Hall–Kier alpha value is -2.23. The summed E-state index contributed by atoms with van der Waals surface area (Å²) >= 11 is 0. The average molecular weight is 269 g/mol. The van der Waals surface area contributed by atoms with Crippen LogP contribution in [0.2, 0.25) is 0 Å². The van der Waals surface area contributed by atoms with Crippen LogP contribution in [0.1, 0.15) is 13.8 Å². The van der Waals surface area contributed by atoms with Crippen molar-refractivity contribution in [3.8, 4) is 5.75 Å². The number of rotatable bonds is 5. The Labute approximate surface area is 118 Å². The van der Waals surface area contributed by atoms with E-state index in [0.29, 0.717) is 0 Å². The highest BCUT2D eigenvalue weighted by Crippen LogP contribution is 2.27. The smallest absolute Gasteiger partial charge is 0.129 e. The van der Waals surface area contributed by atoms with E-state index in [-0.39, 0.29) is 6.10 Å². The van der Waals surface area contributed by atoms with E-state index in [1.807, 2.05) is 30.9 Å². The number of nitrogens with zero attached hydrogens (tertiary/aromatic N) is 3. The quantitative estimate of drug-likeness (QED) is 0.711. The van der Waals surface area contributed by atoms with Crippen LogP contribution in [0.5, 0.6) is 5.75 Å². The summed E-state index contributed by atoms with van der Waals surface area (Å²) in [6.45, 7) is 5.94. The van der Waals surface area contributed by atoms with Crippen molar-refractivity contribution in [1.29, 1.82) is 0 Å². The molecule has 0 N–H and O–H groups in total. The highest BCUT2D eigenvalue weighted by atomic mass is 16.5. The summed E-state index contributed by atoms with van der Waals surface area (Å²) in [5.41, 5.74) is 1.21. The summed E-state index contributed by atoms with van der Waals surface area (Å²) in [5.74, 6) is 0.957. The molecule has 3 rings (SSSR count). The first kappa shape index (κ1) is 12.8. The highest BCUT2D eigenvalue weighted by Gasteiger charge is 2.07. The first-order valence-electron chi connectivity index (χ1n) is 6.94. The molecule has 0 aliphatic heterocycles. The van der Waals surface area contributed by atoms with Crippen LogP contribution in [-0.4, -0.2) is 20.2 Å². The van der Waals surface area contributed by atoms with Crippen LogP contribution in [0.3, 0.4) is 0 Å². The van der Waals surface area contributed by atoms with Gasteiger partial charge >= 0.3 is 0 Å². The van der Waals surface area contributed by atoms with Crippen molar-refractivity contribution < 1.29 is 4.74 Å². The van der Waals surface area contributed by atoms with Gasteiger partial charge in [0.1, 0.15) is 5.75 Å². The molecule has 2 aromatic heterocycles. The number of aryl methyl sites for hydroxylation is 2. The molecule has 0 fully saturated rings. The van der Waals surface area contributed by atoms with Gasteiger partial charge in [0.25, 0.3) is 0 Å². The number of aromatic nitrogens is 3. The summed E-state index contributed by atoms with van der Waals surface area (Å²) in [5, 5.41) is 1.17. The molecule has 2 heterocycles. The van der Waals surface area contributed by atoms with Crippen molar-refractivity contribution in [2.75, 3.05) is 0 Å². The summed E-state index contributed by atoms with van der Waals surface area (Å²) in [6, 6.07) is 8.34. The van der Waals surface area contributed by atoms with Crippen LogP contribution < -0.4 is 4.74 Å². The zero-order valence-corrected chi connectivity index (χ0v) is 11.9. The van der Waals surface area contributed by atoms with Crippen LogP contribution in [0.25, 0.3) is 10.9 Å². The summed E-state index contributed by atoms with van der Waals surface area (Å²) in [6.07, 6.45) is 7.95. The van der Waals surface area contributed by atoms with Crippen LogP contribution >= 0.6 is 0 Å². The predicted octanol–water partition coefficient (Wildman–Crippen LogP) is 3.33. The molecule has 4 heteroatoms. The van der Waals surface area contributed by atoms with Crippen LogP contribution in [0.4, 0.5) is 0 Å². The molecule has 3 aromatic rings. The van der Waals surface area contributed by atoms with Gasteiger partial charge in [-0.3, -0.25) is 0 Å². The van der Waals surface area contributed by atoms with E-state index in [0.717, 1.165) is 18.8 Å². The number of imidazole rings is 1. The van der Waals surface area contributed by atoms with E-state index in [2.05, 4.69) is 46.3 Å². The maximum Gasteiger partial charge on any atom is 0.129 e. The van der Waals surface area contributed by atoms with Crippen molar-refractivity contribution >= 4 is 10.9 Å². The number of hydrogen-bond donors (Lipinski definition) is 0. The minimum Gasteiger partial charge on any atom is -0.490 e. The van der Waals surface area contributed by atoms with E-state index in [1.165, 1.54) is 10.9 Å². The molecule has 104 valence electrons. The zero-order chi connectivity index (χ0) is 13.9. The molecule has 0 radical (unpaired) electrons. The van der Waals surface area contributed by atoms with Gasteiger partial charge < -0.3 is 13.9 Å². The molecule has 0 unspecified atom stereocenters. The highest BCUT2D eigenvalue weighted by molar-refractivity contribution is 5.86. The lowest BCUT2D eigenvalue weighted by Gasteiger charge is -2.11. The Balaban J connectivity index is 1.85. The van der Waals surface area contributed by atoms with E-state index in [4.69, 9.17) is 4.74 Å². The monoisotopic (exact) mass is 269 g/mol. The van der Waals surface area contributed by atoms with Gasteiger partial charge in [-0.1, -0.05) is 6.07 Å². The Kier molecular flexibility index (Phi) is 3.46. The summed E-state index contributed by atoms with van der Waals surface area (Å²) in [7, 11) is 0. The predicted molar refractivity (Wildman–Crippen MR) is 79.9 cm³/mol. The minimum atomic E-state index is 0.190. The van der Waals surface area contributed by atoms with E-state index >= 15 is 0 Å². The number of fused-ring (bicyclic) bond motifs is 1. The third-order valence-electron chi connectivity index (χ3n) is 3.29. The molecule has 0 saturated carbocycles. The van der Waals surface area contributed by atoms with Gasteiger partial charge in [0.15, 0.2) is 0 Å².